The molecule has 1 saturated carbocycles. The van der Waals surface area contributed by atoms with Gasteiger partial charge in [0, 0.05) is 21.1 Å². The van der Waals surface area contributed by atoms with Gasteiger partial charge in [0.05, 0.1) is 17.9 Å². The third kappa shape index (κ3) is 6.62. The van der Waals surface area contributed by atoms with E-state index in [1.807, 2.05) is 19.1 Å². The van der Waals surface area contributed by atoms with Gasteiger partial charge >= 0.3 is 12.1 Å². The molecule has 0 radical (unpaired) electrons. The van der Waals surface area contributed by atoms with Crippen molar-refractivity contribution in [3.05, 3.63) is 64.2 Å². The summed E-state index contributed by atoms with van der Waals surface area (Å²) in [5.74, 6) is 1.48. The van der Waals surface area contributed by atoms with E-state index in [9.17, 15) is 18.0 Å². The van der Waals surface area contributed by atoms with Crippen molar-refractivity contribution >= 4 is 29.1 Å². The molecule has 1 aliphatic rings. The molecule has 0 atom stereocenters. The van der Waals surface area contributed by atoms with Gasteiger partial charge in [-0.05, 0) is 68.5 Å². The predicted octanol–water partition coefficient (Wildman–Crippen LogP) is 8.03. The van der Waals surface area contributed by atoms with Crippen LogP contribution in [-0.2, 0) is 21.5 Å². The van der Waals surface area contributed by atoms with E-state index in [-0.39, 0.29) is 12.6 Å². The molecule has 1 fully saturated rings. The van der Waals surface area contributed by atoms with Crippen LogP contribution < -0.4 is 4.74 Å². The Hall–Kier alpha value is -2.52. The molecule has 3 aromatic rings. The maximum Gasteiger partial charge on any atom is 0.416 e. The summed E-state index contributed by atoms with van der Waals surface area (Å²) in [6, 6.07) is 11.2. The lowest BCUT2D eigenvalue weighted by Gasteiger charge is -2.17. The molecule has 0 saturated heterocycles. The van der Waals surface area contributed by atoms with Crippen LogP contribution in [0.4, 0.5) is 13.2 Å². The molecule has 0 amide bonds. The van der Waals surface area contributed by atoms with E-state index in [1.54, 1.807) is 18.7 Å². The quantitative estimate of drug-likeness (QED) is 0.205. The molecular formula is C27H28F3NO3S2. The van der Waals surface area contributed by atoms with Crippen molar-refractivity contribution in [3.8, 4) is 16.3 Å². The van der Waals surface area contributed by atoms with Gasteiger partial charge in [0.25, 0.3) is 0 Å². The number of thiazole rings is 1. The van der Waals surface area contributed by atoms with Gasteiger partial charge in [-0.1, -0.05) is 25.0 Å². The minimum atomic E-state index is -4.35. The van der Waals surface area contributed by atoms with Crippen LogP contribution in [0.5, 0.6) is 5.75 Å². The lowest BCUT2D eigenvalue weighted by atomic mass is 9.97. The first-order valence-electron chi connectivity index (χ1n) is 11.9. The van der Waals surface area contributed by atoms with E-state index in [0.29, 0.717) is 28.8 Å². The van der Waals surface area contributed by atoms with E-state index in [4.69, 9.17) is 9.47 Å². The summed E-state index contributed by atoms with van der Waals surface area (Å²) in [5, 5.41) is 0.714. The van der Waals surface area contributed by atoms with Crippen LogP contribution in [0.25, 0.3) is 10.6 Å². The maximum absolute atomic E-state index is 12.9. The Balaban J connectivity index is 1.46. The van der Waals surface area contributed by atoms with E-state index >= 15 is 0 Å². The Labute approximate surface area is 217 Å². The molecule has 1 aliphatic carbocycles. The molecule has 4 nitrogen and oxygen atoms in total. The van der Waals surface area contributed by atoms with Gasteiger partial charge in [0.1, 0.15) is 10.8 Å². The number of rotatable bonds is 9. The van der Waals surface area contributed by atoms with Crippen LogP contribution in [0.15, 0.2) is 47.4 Å². The number of halogens is 3. The van der Waals surface area contributed by atoms with Crippen molar-refractivity contribution in [3.63, 3.8) is 0 Å². The fraction of sp³-hybridized carbons (Fsp3) is 0.407. The molecule has 0 N–H and O–H groups in total. The number of benzene rings is 2. The fourth-order valence-corrected chi connectivity index (χ4v) is 6.44. The summed E-state index contributed by atoms with van der Waals surface area (Å²) in [4.78, 5) is 18.5. The largest absolute Gasteiger partial charge is 0.482 e. The van der Waals surface area contributed by atoms with E-state index in [2.05, 4.69) is 11.1 Å². The van der Waals surface area contributed by atoms with Gasteiger partial charge in [0.15, 0.2) is 6.61 Å². The first-order chi connectivity index (χ1) is 17.2. The highest BCUT2D eigenvalue weighted by Gasteiger charge is 2.30. The van der Waals surface area contributed by atoms with Crippen LogP contribution in [-0.4, -0.2) is 24.2 Å². The molecule has 9 heteroatoms. The number of aromatic nitrogens is 1. The molecule has 2 aromatic carbocycles. The average molecular weight is 536 g/mol. The Morgan fingerprint density at radius 2 is 1.86 bits per heavy atom. The van der Waals surface area contributed by atoms with Crippen molar-refractivity contribution in [2.24, 2.45) is 0 Å². The highest BCUT2D eigenvalue weighted by Crippen LogP contribution is 2.41. The Morgan fingerprint density at radius 3 is 2.53 bits per heavy atom. The van der Waals surface area contributed by atoms with Crippen molar-refractivity contribution < 1.29 is 27.4 Å². The molecule has 1 heterocycles. The molecular weight excluding hydrogens is 507 g/mol. The van der Waals surface area contributed by atoms with Crippen LogP contribution in [0.1, 0.15) is 60.2 Å². The van der Waals surface area contributed by atoms with Crippen LogP contribution in [0, 0.1) is 6.92 Å². The van der Waals surface area contributed by atoms with Gasteiger partial charge in [-0.3, -0.25) is 0 Å². The number of aryl methyl sites for hydroxylation is 1. The van der Waals surface area contributed by atoms with Gasteiger partial charge < -0.3 is 9.47 Å². The first-order valence-corrected chi connectivity index (χ1v) is 13.7. The number of nitrogens with zero attached hydrogens (tertiary/aromatic N) is 1. The molecule has 36 heavy (non-hydrogen) atoms. The van der Waals surface area contributed by atoms with Gasteiger partial charge in [-0.15, -0.1) is 23.1 Å². The standard InChI is InChI=1S/C27H28F3NO3S2/c1-3-33-25(32)15-34-23-13-12-21(14-22(23)18-6-4-5-7-18)35-16-24-17(2)31-26(36-24)19-8-10-20(11-9-19)27(28,29)30/h8-14,18H,3-7,15-16H2,1-2H3. The second-order valence-corrected chi connectivity index (χ2v) is 10.8. The summed E-state index contributed by atoms with van der Waals surface area (Å²) < 4.78 is 49.4. The van der Waals surface area contributed by atoms with Crippen molar-refractivity contribution in [2.45, 2.75) is 62.3 Å². The average Bonchev–Trinajstić information content (AvgIpc) is 3.51. The highest BCUT2D eigenvalue weighted by molar-refractivity contribution is 7.98. The first kappa shape index (κ1) is 26.5. The molecule has 0 bridgehead atoms. The molecule has 0 spiro atoms. The van der Waals surface area contributed by atoms with Gasteiger partial charge in [-0.2, -0.15) is 13.2 Å². The van der Waals surface area contributed by atoms with Crippen LogP contribution in [0.3, 0.4) is 0 Å². The van der Waals surface area contributed by atoms with Crippen molar-refractivity contribution in [1.82, 2.24) is 4.98 Å². The zero-order valence-electron chi connectivity index (χ0n) is 20.2. The Bertz CT molecular complexity index is 1190. The molecule has 1 aromatic heterocycles. The second-order valence-electron chi connectivity index (χ2n) is 8.67. The molecule has 192 valence electrons. The van der Waals surface area contributed by atoms with E-state index in [0.717, 1.165) is 51.8 Å². The van der Waals surface area contributed by atoms with E-state index in [1.165, 1.54) is 36.3 Å². The predicted molar refractivity (Wildman–Crippen MR) is 137 cm³/mol. The topological polar surface area (TPSA) is 48.4 Å². The molecule has 0 aliphatic heterocycles. The normalized spacial score (nSPS) is 14.2. The fourth-order valence-electron chi connectivity index (χ4n) is 4.28. The number of carbonyl (C=O) groups is 1. The summed E-state index contributed by atoms with van der Waals surface area (Å²) in [6.45, 7) is 3.92. The lowest BCUT2D eigenvalue weighted by molar-refractivity contribution is -0.145. The monoisotopic (exact) mass is 535 g/mol. The number of thioether (sulfide) groups is 1. The van der Waals surface area contributed by atoms with Gasteiger partial charge in [-0.25, -0.2) is 9.78 Å². The summed E-state index contributed by atoms with van der Waals surface area (Å²) in [7, 11) is 0. The summed E-state index contributed by atoms with van der Waals surface area (Å²) in [5.41, 5.74) is 2.03. The Kier molecular flexibility index (Phi) is 8.62. The minimum absolute atomic E-state index is 0.104. The number of alkyl halides is 3. The van der Waals surface area contributed by atoms with E-state index < -0.39 is 11.7 Å². The number of hydrogen-bond acceptors (Lipinski definition) is 6. The van der Waals surface area contributed by atoms with Crippen molar-refractivity contribution in [2.75, 3.05) is 13.2 Å². The van der Waals surface area contributed by atoms with Gasteiger partial charge in [0.2, 0.25) is 0 Å². The number of hydrogen-bond donors (Lipinski definition) is 0. The number of ether oxygens (including phenoxy) is 2. The lowest BCUT2D eigenvalue weighted by Crippen LogP contribution is -2.15. The summed E-state index contributed by atoms with van der Waals surface area (Å²) in [6.07, 6.45) is 0.233. The summed E-state index contributed by atoms with van der Waals surface area (Å²) >= 11 is 3.20. The molecule has 4 rings (SSSR count). The number of esters is 1. The van der Waals surface area contributed by atoms with Crippen molar-refractivity contribution in [1.29, 1.82) is 0 Å². The second kappa shape index (κ2) is 11.7. The minimum Gasteiger partial charge on any atom is -0.482 e. The molecule has 0 unspecified atom stereocenters. The third-order valence-corrected chi connectivity index (χ3v) is 8.56. The zero-order valence-corrected chi connectivity index (χ0v) is 21.8. The van der Waals surface area contributed by atoms with Crippen LogP contribution >= 0.6 is 23.1 Å². The highest BCUT2D eigenvalue weighted by atomic mass is 32.2. The number of carbonyl (C=O) groups excluding carboxylic acids is 1. The third-order valence-electron chi connectivity index (χ3n) is 6.15. The SMILES string of the molecule is CCOC(=O)COc1ccc(SCc2sc(-c3ccc(C(F)(F)F)cc3)nc2C)cc1C1CCCC1. The van der Waals surface area contributed by atoms with Crippen LogP contribution in [0.2, 0.25) is 0 Å². The maximum atomic E-state index is 12.9. The smallest absolute Gasteiger partial charge is 0.416 e. The zero-order chi connectivity index (χ0) is 25.7. The Morgan fingerprint density at radius 1 is 1.14 bits per heavy atom.